The van der Waals surface area contributed by atoms with Crippen LogP contribution < -0.4 is 5.32 Å². The van der Waals surface area contributed by atoms with E-state index in [1.165, 1.54) is 0 Å². The Labute approximate surface area is 103 Å². The van der Waals surface area contributed by atoms with Crippen LogP contribution in [-0.4, -0.2) is 41.8 Å². The molecule has 2 atom stereocenters. The van der Waals surface area contributed by atoms with Gasteiger partial charge in [0.25, 0.3) is 0 Å². The molecule has 1 aliphatic heterocycles. The molecule has 0 bridgehead atoms. The number of ketones is 1. The molecular weight excluding hydrogens is 216 g/mol. The van der Waals surface area contributed by atoms with Gasteiger partial charge in [-0.15, -0.1) is 6.58 Å². The molecular formula is C13H22N2O2. The van der Waals surface area contributed by atoms with Crippen molar-refractivity contribution in [1.29, 1.82) is 0 Å². The molecule has 17 heavy (non-hydrogen) atoms. The number of hydrogen-bond acceptors (Lipinski definition) is 3. The number of carbonyl (C=O) groups excluding carboxylic acids is 2. The van der Waals surface area contributed by atoms with Gasteiger partial charge in [-0.25, -0.2) is 0 Å². The fraction of sp³-hybridized carbons (Fsp3) is 0.692. The molecule has 1 heterocycles. The highest BCUT2D eigenvalue weighted by molar-refractivity contribution is 5.85. The minimum absolute atomic E-state index is 0.0296. The van der Waals surface area contributed by atoms with Crippen molar-refractivity contribution in [1.82, 2.24) is 10.2 Å². The lowest BCUT2D eigenvalue weighted by molar-refractivity contribution is -0.131. The number of amides is 1. The molecule has 0 aromatic rings. The van der Waals surface area contributed by atoms with Gasteiger partial charge in [0.2, 0.25) is 5.91 Å². The van der Waals surface area contributed by atoms with Crippen LogP contribution >= 0.6 is 0 Å². The lowest BCUT2D eigenvalue weighted by Crippen LogP contribution is -2.53. The molecule has 0 aliphatic carbocycles. The Morgan fingerprint density at radius 1 is 1.53 bits per heavy atom. The highest BCUT2D eigenvalue weighted by Gasteiger charge is 2.32. The van der Waals surface area contributed by atoms with Crippen LogP contribution in [0.5, 0.6) is 0 Å². The number of carbonyl (C=O) groups is 2. The zero-order chi connectivity index (χ0) is 12.8. The number of nitrogens with one attached hydrogen (secondary N) is 1. The maximum atomic E-state index is 11.9. The highest BCUT2D eigenvalue weighted by atomic mass is 16.2. The molecule has 1 amide bonds. The van der Waals surface area contributed by atoms with Gasteiger partial charge in [0.05, 0.1) is 12.1 Å². The van der Waals surface area contributed by atoms with Gasteiger partial charge in [0.15, 0.2) is 0 Å². The Morgan fingerprint density at radius 2 is 2.24 bits per heavy atom. The fourth-order valence-electron chi connectivity index (χ4n) is 2.33. The van der Waals surface area contributed by atoms with Gasteiger partial charge in [-0.2, -0.15) is 0 Å². The van der Waals surface area contributed by atoms with E-state index in [0.717, 1.165) is 25.8 Å². The molecule has 4 heteroatoms. The maximum Gasteiger partial charge on any atom is 0.237 e. The minimum Gasteiger partial charge on any atom is -0.351 e. The van der Waals surface area contributed by atoms with Gasteiger partial charge in [-0.3, -0.25) is 14.5 Å². The zero-order valence-corrected chi connectivity index (χ0v) is 10.7. The van der Waals surface area contributed by atoms with Crippen LogP contribution in [0.2, 0.25) is 0 Å². The largest absolute Gasteiger partial charge is 0.351 e. The summed E-state index contributed by atoms with van der Waals surface area (Å²) >= 11 is 0. The van der Waals surface area contributed by atoms with Crippen LogP contribution in [0.15, 0.2) is 12.7 Å². The number of likely N-dealkylation sites (tertiary alicyclic amines) is 1. The summed E-state index contributed by atoms with van der Waals surface area (Å²) in [4.78, 5) is 25.4. The molecule has 1 aliphatic rings. The summed E-state index contributed by atoms with van der Waals surface area (Å²) < 4.78 is 0. The highest BCUT2D eigenvalue weighted by Crippen LogP contribution is 2.20. The Kier molecular flexibility index (Phi) is 5.35. The van der Waals surface area contributed by atoms with Crippen LogP contribution in [-0.2, 0) is 9.59 Å². The summed E-state index contributed by atoms with van der Waals surface area (Å²) in [5.74, 6) is 0.131. The smallest absolute Gasteiger partial charge is 0.237 e. The quantitative estimate of drug-likeness (QED) is 0.730. The topological polar surface area (TPSA) is 49.4 Å². The van der Waals surface area contributed by atoms with Crippen molar-refractivity contribution in [3.63, 3.8) is 0 Å². The van der Waals surface area contributed by atoms with E-state index in [4.69, 9.17) is 0 Å². The summed E-state index contributed by atoms with van der Waals surface area (Å²) in [7, 11) is 0. The van der Waals surface area contributed by atoms with E-state index >= 15 is 0 Å². The molecule has 0 aromatic carbocycles. The molecule has 0 aromatic heterocycles. The van der Waals surface area contributed by atoms with Crippen LogP contribution in [0.3, 0.4) is 0 Å². The van der Waals surface area contributed by atoms with E-state index in [1.54, 1.807) is 13.0 Å². The van der Waals surface area contributed by atoms with Crippen molar-refractivity contribution in [2.45, 2.75) is 45.2 Å². The van der Waals surface area contributed by atoms with E-state index in [0.29, 0.717) is 6.54 Å². The Hall–Kier alpha value is -1.16. The molecule has 1 rings (SSSR count). The Balaban J connectivity index is 2.63. The van der Waals surface area contributed by atoms with Crippen molar-refractivity contribution in [3.8, 4) is 0 Å². The normalized spacial score (nSPS) is 22.8. The lowest BCUT2D eigenvalue weighted by atomic mass is 9.97. The number of hydrogen-bond donors (Lipinski definition) is 1. The van der Waals surface area contributed by atoms with Gasteiger partial charge < -0.3 is 5.32 Å². The third-order valence-electron chi connectivity index (χ3n) is 3.31. The summed E-state index contributed by atoms with van der Waals surface area (Å²) in [6.45, 7) is 8.33. The van der Waals surface area contributed by atoms with Crippen LogP contribution in [0.4, 0.5) is 0 Å². The fourth-order valence-corrected chi connectivity index (χ4v) is 2.33. The van der Waals surface area contributed by atoms with Gasteiger partial charge in [0, 0.05) is 6.54 Å². The van der Waals surface area contributed by atoms with Crippen molar-refractivity contribution in [2.75, 3.05) is 13.1 Å². The molecule has 1 N–H and O–H groups in total. The number of piperidine rings is 1. The van der Waals surface area contributed by atoms with E-state index < -0.39 is 0 Å². The van der Waals surface area contributed by atoms with Crippen molar-refractivity contribution in [2.24, 2.45) is 0 Å². The van der Waals surface area contributed by atoms with Gasteiger partial charge in [-0.05, 0) is 33.2 Å². The molecule has 1 fully saturated rings. The first-order valence-electron chi connectivity index (χ1n) is 6.22. The predicted octanol–water partition coefficient (Wildman–Crippen LogP) is 1.12. The average molecular weight is 238 g/mol. The summed E-state index contributed by atoms with van der Waals surface area (Å²) in [6, 6.07) is -0.336. The lowest BCUT2D eigenvalue weighted by Gasteiger charge is -2.37. The Bertz CT molecular complexity index is 302. The number of nitrogens with zero attached hydrogens (tertiary/aromatic N) is 1. The van der Waals surface area contributed by atoms with E-state index in [1.807, 2.05) is 11.8 Å². The molecule has 0 saturated carbocycles. The molecule has 1 saturated heterocycles. The summed E-state index contributed by atoms with van der Waals surface area (Å²) in [5, 5.41) is 2.78. The van der Waals surface area contributed by atoms with Crippen LogP contribution in [0, 0.1) is 0 Å². The van der Waals surface area contributed by atoms with Crippen LogP contribution in [0.1, 0.15) is 33.1 Å². The molecule has 0 spiro atoms. The average Bonchev–Trinajstić information content (AvgIpc) is 2.34. The van der Waals surface area contributed by atoms with Crippen molar-refractivity contribution >= 4 is 11.7 Å². The maximum absolute atomic E-state index is 11.9. The van der Waals surface area contributed by atoms with Gasteiger partial charge in [0.1, 0.15) is 5.78 Å². The summed E-state index contributed by atoms with van der Waals surface area (Å²) in [5.41, 5.74) is 0. The van der Waals surface area contributed by atoms with E-state index in [-0.39, 0.29) is 23.8 Å². The second-order valence-electron chi connectivity index (χ2n) is 4.57. The van der Waals surface area contributed by atoms with Gasteiger partial charge >= 0.3 is 0 Å². The van der Waals surface area contributed by atoms with Crippen LogP contribution in [0.25, 0.3) is 0 Å². The minimum atomic E-state index is -0.246. The van der Waals surface area contributed by atoms with Crippen molar-refractivity contribution in [3.05, 3.63) is 12.7 Å². The van der Waals surface area contributed by atoms with Crippen molar-refractivity contribution < 1.29 is 9.59 Å². The molecule has 2 unspecified atom stereocenters. The first-order valence-corrected chi connectivity index (χ1v) is 6.22. The molecule has 4 nitrogen and oxygen atoms in total. The summed E-state index contributed by atoms with van der Waals surface area (Å²) in [6.07, 6.45) is 4.66. The molecule has 0 radical (unpaired) electrons. The number of rotatable bonds is 5. The third kappa shape index (κ3) is 3.66. The first-order chi connectivity index (χ1) is 8.07. The third-order valence-corrected chi connectivity index (χ3v) is 3.31. The molecule has 96 valence electrons. The predicted molar refractivity (Wildman–Crippen MR) is 67.7 cm³/mol. The second kappa shape index (κ2) is 6.55. The number of Topliss-reactive ketones (excluding diaryl/α,β-unsaturated/α-hetero) is 1. The van der Waals surface area contributed by atoms with Gasteiger partial charge in [-0.1, -0.05) is 12.5 Å². The second-order valence-corrected chi connectivity index (χ2v) is 4.57. The Morgan fingerprint density at radius 3 is 2.82 bits per heavy atom. The first kappa shape index (κ1) is 13.9. The monoisotopic (exact) mass is 238 g/mol. The van der Waals surface area contributed by atoms with E-state index in [9.17, 15) is 9.59 Å². The van der Waals surface area contributed by atoms with E-state index in [2.05, 4.69) is 11.9 Å². The zero-order valence-electron chi connectivity index (χ0n) is 10.7. The standard InChI is InChI=1S/C13H22N2O2/c1-4-8-14-13(17)10(2)15-9-6-5-7-12(15)11(3)16/h4,10,12H,1,5-9H2,2-3H3,(H,14,17). The SMILES string of the molecule is C=CCNC(=O)C(C)N1CCCCC1C(C)=O.